The van der Waals surface area contributed by atoms with Crippen molar-refractivity contribution in [3.05, 3.63) is 53.7 Å². The zero-order chi connectivity index (χ0) is 22.1. The zero-order valence-electron chi connectivity index (χ0n) is 16.0. The second-order valence-corrected chi connectivity index (χ2v) is 6.99. The van der Waals surface area contributed by atoms with Crippen LogP contribution in [0.1, 0.15) is 36.8 Å². The summed E-state index contributed by atoms with van der Waals surface area (Å²) in [5.41, 5.74) is 0.753. The number of rotatable bonds is 6. The fraction of sp³-hybridized carbons (Fsp3) is 0.368. The monoisotopic (exact) mass is 427 g/mol. The van der Waals surface area contributed by atoms with E-state index in [2.05, 4.69) is 20.4 Å². The Morgan fingerprint density at radius 3 is 2.47 bits per heavy atom. The first-order valence-corrected chi connectivity index (χ1v) is 8.93. The fourth-order valence-electron chi connectivity index (χ4n) is 2.87. The summed E-state index contributed by atoms with van der Waals surface area (Å²) in [6.07, 6.45) is -0.675. The largest absolute Gasteiger partial charge is 0.408 e. The third-order valence-corrected chi connectivity index (χ3v) is 4.34. The van der Waals surface area contributed by atoms with Crippen LogP contribution >= 0.6 is 0 Å². The Labute approximate surface area is 168 Å². The number of nitrogens with one attached hydrogen (secondary N) is 1. The van der Waals surface area contributed by atoms with Crippen LogP contribution in [0.4, 0.5) is 22.0 Å². The van der Waals surface area contributed by atoms with Gasteiger partial charge in [-0.05, 0) is 24.6 Å². The Kier molecular flexibility index (Phi) is 5.73. The number of amides is 1. The van der Waals surface area contributed by atoms with Gasteiger partial charge in [-0.25, -0.2) is 0 Å². The zero-order valence-corrected chi connectivity index (χ0v) is 16.0. The number of carbonyl (C=O) groups excluding carboxylic acids is 1. The van der Waals surface area contributed by atoms with Gasteiger partial charge in [0.05, 0.1) is 36.1 Å². The van der Waals surface area contributed by atoms with Crippen molar-refractivity contribution in [2.45, 2.75) is 45.0 Å². The molecule has 3 aromatic rings. The topological polar surface area (TPSA) is 72.7 Å². The predicted octanol–water partition coefficient (Wildman–Crippen LogP) is 3.92. The lowest BCUT2D eigenvalue weighted by Crippen LogP contribution is -2.28. The molecule has 3 rings (SSSR count). The number of fused-ring (bicyclic) bond motifs is 1. The van der Waals surface area contributed by atoms with Crippen molar-refractivity contribution in [1.29, 1.82) is 0 Å². The Bertz CT molecular complexity index is 1040. The quantitative estimate of drug-likeness (QED) is 0.606. The third kappa shape index (κ3) is 5.28. The lowest BCUT2D eigenvalue weighted by molar-refractivity contribution is -0.141. The smallest absolute Gasteiger partial charge is 0.348 e. The van der Waals surface area contributed by atoms with E-state index >= 15 is 0 Å². The van der Waals surface area contributed by atoms with Gasteiger partial charge in [-0.15, -0.1) is 0 Å². The minimum Gasteiger partial charge on any atom is -0.348 e. The van der Waals surface area contributed by atoms with Gasteiger partial charge in [0, 0.05) is 18.5 Å². The van der Waals surface area contributed by atoms with Crippen LogP contribution in [0.15, 0.2) is 36.8 Å². The van der Waals surface area contributed by atoms with Crippen molar-refractivity contribution in [2.75, 3.05) is 0 Å². The molecule has 0 aliphatic heterocycles. The van der Waals surface area contributed by atoms with E-state index in [4.69, 9.17) is 0 Å². The molecule has 0 spiro atoms. The summed E-state index contributed by atoms with van der Waals surface area (Å²) in [6, 6.07) is 3.60. The van der Waals surface area contributed by atoms with E-state index in [9.17, 15) is 26.7 Å². The number of carbonyl (C=O) groups is 1. The van der Waals surface area contributed by atoms with Gasteiger partial charge >= 0.3 is 6.18 Å². The van der Waals surface area contributed by atoms with Crippen molar-refractivity contribution in [1.82, 2.24) is 25.1 Å². The molecule has 11 heteroatoms. The molecular weight excluding hydrogens is 409 g/mol. The van der Waals surface area contributed by atoms with Crippen LogP contribution in [0.3, 0.4) is 0 Å². The van der Waals surface area contributed by atoms with Crippen LogP contribution in [0.2, 0.25) is 0 Å². The average molecular weight is 427 g/mol. The number of aromatic nitrogens is 4. The summed E-state index contributed by atoms with van der Waals surface area (Å²) in [5, 5.41) is 6.91. The highest BCUT2D eigenvalue weighted by Crippen LogP contribution is 2.25. The molecule has 0 aliphatic rings. The molecule has 1 atom stereocenters. The molecule has 30 heavy (non-hydrogen) atoms. The van der Waals surface area contributed by atoms with Gasteiger partial charge in [-0.2, -0.15) is 27.1 Å². The lowest BCUT2D eigenvalue weighted by Gasteiger charge is -2.14. The molecule has 0 aliphatic carbocycles. The van der Waals surface area contributed by atoms with Crippen LogP contribution in [-0.2, 0) is 23.7 Å². The summed E-state index contributed by atoms with van der Waals surface area (Å²) in [4.78, 5) is 20.0. The Morgan fingerprint density at radius 1 is 1.13 bits per heavy atom. The summed E-state index contributed by atoms with van der Waals surface area (Å²) >= 11 is 0. The molecule has 0 aromatic carbocycles. The van der Waals surface area contributed by atoms with Gasteiger partial charge in [0.2, 0.25) is 5.91 Å². The minimum absolute atomic E-state index is 0.0708. The molecule has 1 amide bonds. The van der Waals surface area contributed by atoms with Crippen LogP contribution in [0.25, 0.3) is 10.9 Å². The van der Waals surface area contributed by atoms with Gasteiger partial charge in [-0.3, -0.25) is 19.4 Å². The third-order valence-electron chi connectivity index (χ3n) is 4.34. The first-order chi connectivity index (χ1) is 13.9. The van der Waals surface area contributed by atoms with E-state index in [1.807, 2.05) is 0 Å². The molecule has 0 unspecified atom stereocenters. The van der Waals surface area contributed by atoms with Crippen molar-refractivity contribution in [3.63, 3.8) is 0 Å². The maximum atomic E-state index is 13.2. The Morgan fingerprint density at radius 2 is 1.87 bits per heavy atom. The Hall–Kier alpha value is -3.11. The fourth-order valence-corrected chi connectivity index (χ4v) is 2.87. The second kappa shape index (κ2) is 7.96. The molecule has 0 saturated carbocycles. The number of halogens is 5. The van der Waals surface area contributed by atoms with Crippen LogP contribution in [0.5, 0.6) is 0 Å². The first kappa shape index (κ1) is 21.6. The van der Waals surface area contributed by atoms with E-state index in [0.717, 1.165) is 11.6 Å². The summed E-state index contributed by atoms with van der Waals surface area (Å²) in [6.45, 7) is 1.19. The Balaban J connectivity index is 1.65. The maximum absolute atomic E-state index is 13.2. The number of pyridine rings is 2. The van der Waals surface area contributed by atoms with E-state index < -0.39 is 24.7 Å². The molecular formula is C19H18F5N5O. The number of hydrogen-bond acceptors (Lipinski definition) is 4. The molecule has 3 heterocycles. The molecule has 6 nitrogen and oxygen atoms in total. The van der Waals surface area contributed by atoms with E-state index in [-0.39, 0.29) is 23.5 Å². The highest BCUT2D eigenvalue weighted by molar-refractivity contribution is 5.80. The molecule has 0 fully saturated rings. The van der Waals surface area contributed by atoms with E-state index in [1.165, 1.54) is 30.7 Å². The predicted molar refractivity (Wildman–Crippen MR) is 97.6 cm³/mol. The van der Waals surface area contributed by atoms with Crippen LogP contribution in [0, 0.1) is 0 Å². The second-order valence-electron chi connectivity index (χ2n) is 6.99. The van der Waals surface area contributed by atoms with Crippen LogP contribution in [-0.4, -0.2) is 31.8 Å². The van der Waals surface area contributed by atoms with Gasteiger partial charge in [0.1, 0.15) is 12.2 Å². The molecule has 0 radical (unpaired) electrons. The first-order valence-electron chi connectivity index (χ1n) is 8.93. The van der Waals surface area contributed by atoms with Gasteiger partial charge < -0.3 is 5.32 Å². The molecule has 1 N–H and O–H groups in total. The van der Waals surface area contributed by atoms with Gasteiger partial charge in [0.25, 0.3) is 5.92 Å². The van der Waals surface area contributed by atoms with Crippen molar-refractivity contribution in [3.8, 4) is 0 Å². The molecule has 0 saturated heterocycles. The van der Waals surface area contributed by atoms with Crippen molar-refractivity contribution < 1.29 is 26.7 Å². The number of alkyl halides is 5. The molecule has 3 aromatic heterocycles. The minimum atomic E-state index is -4.40. The van der Waals surface area contributed by atoms with Crippen molar-refractivity contribution in [2.24, 2.45) is 0 Å². The van der Waals surface area contributed by atoms with E-state index in [1.54, 1.807) is 13.0 Å². The van der Waals surface area contributed by atoms with Gasteiger partial charge in [-0.1, -0.05) is 6.07 Å². The molecule has 160 valence electrons. The highest BCUT2D eigenvalue weighted by atomic mass is 19.4. The average Bonchev–Trinajstić information content (AvgIpc) is 3.01. The summed E-state index contributed by atoms with van der Waals surface area (Å²) in [5.74, 6) is -3.44. The summed E-state index contributed by atoms with van der Waals surface area (Å²) in [7, 11) is 0. The standard InChI is InChI=1S/C19H18F5N5O/c1-11(28-17(30)5-12-3-4-16(26-7-12)18(2,20)21)14-6-13-8-27-29(10-19(22,23)24)15(13)9-25-14/h3-4,6-9,11H,5,10H2,1-2H3,(H,28,30)/t11-/m1/s1. The van der Waals surface area contributed by atoms with Gasteiger partial charge in [0.15, 0.2) is 0 Å². The summed E-state index contributed by atoms with van der Waals surface area (Å²) < 4.78 is 65.0. The van der Waals surface area contributed by atoms with E-state index in [0.29, 0.717) is 16.6 Å². The normalized spacial score (nSPS) is 13.4. The van der Waals surface area contributed by atoms with Crippen LogP contribution < -0.4 is 5.32 Å². The lowest BCUT2D eigenvalue weighted by atomic mass is 10.1. The number of nitrogens with zero attached hydrogens (tertiary/aromatic N) is 4. The van der Waals surface area contributed by atoms with Crippen molar-refractivity contribution >= 4 is 16.8 Å². The highest BCUT2D eigenvalue weighted by Gasteiger charge is 2.29. The SMILES string of the molecule is C[C@@H](NC(=O)Cc1ccc(C(C)(F)F)nc1)c1cc2cnn(CC(F)(F)F)c2cn1. The maximum Gasteiger partial charge on any atom is 0.408 e. The molecule has 0 bridgehead atoms. The number of hydrogen-bond donors (Lipinski definition) is 1.